The van der Waals surface area contributed by atoms with Crippen LogP contribution in [0.2, 0.25) is 5.02 Å². The Bertz CT molecular complexity index is 255. The van der Waals surface area contributed by atoms with Gasteiger partial charge < -0.3 is 0 Å². The van der Waals surface area contributed by atoms with E-state index in [9.17, 15) is 0 Å². The zero-order valence-corrected chi connectivity index (χ0v) is 8.19. The third kappa shape index (κ3) is 1.52. The highest BCUT2D eigenvalue weighted by Gasteiger charge is 1.97. The monoisotopic (exact) mass is 264 g/mol. The van der Waals surface area contributed by atoms with Gasteiger partial charge in [-0.2, -0.15) is 0 Å². The van der Waals surface area contributed by atoms with Gasteiger partial charge in [0.05, 0.1) is 5.02 Å². The standard InChI is InChI=1S/C8H6ClI/c1-2-6-4-3-5-7(10)8(6)9/h2-5H,1H2. The van der Waals surface area contributed by atoms with Crippen molar-refractivity contribution < 1.29 is 0 Å². The minimum absolute atomic E-state index is 0.790. The normalized spacial score (nSPS) is 9.40. The maximum Gasteiger partial charge on any atom is 0.0611 e. The molecule has 0 aliphatic rings. The fraction of sp³-hybridized carbons (Fsp3) is 0. The third-order valence-corrected chi connectivity index (χ3v) is 2.84. The van der Waals surface area contributed by atoms with E-state index in [1.165, 1.54) is 0 Å². The number of hydrogen-bond donors (Lipinski definition) is 0. The van der Waals surface area contributed by atoms with Gasteiger partial charge >= 0.3 is 0 Å². The molecule has 0 aliphatic heterocycles. The SMILES string of the molecule is C=Cc1cccc(I)c1Cl. The molecule has 0 bridgehead atoms. The van der Waals surface area contributed by atoms with Crippen LogP contribution in [-0.4, -0.2) is 0 Å². The predicted octanol–water partition coefficient (Wildman–Crippen LogP) is 3.59. The second-order valence-electron chi connectivity index (χ2n) is 1.85. The minimum Gasteiger partial charge on any atom is -0.0984 e. The van der Waals surface area contributed by atoms with E-state index < -0.39 is 0 Å². The first kappa shape index (κ1) is 8.08. The smallest absolute Gasteiger partial charge is 0.0611 e. The molecule has 0 saturated heterocycles. The van der Waals surface area contributed by atoms with E-state index in [-0.39, 0.29) is 0 Å². The van der Waals surface area contributed by atoms with Crippen molar-refractivity contribution >= 4 is 40.3 Å². The van der Waals surface area contributed by atoms with Crippen LogP contribution in [0.1, 0.15) is 5.56 Å². The molecule has 0 heterocycles. The van der Waals surface area contributed by atoms with Gasteiger partial charge in [-0.05, 0) is 34.2 Å². The summed E-state index contributed by atoms with van der Waals surface area (Å²) in [6.07, 6.45) is 1.75. The van der Waals surface area contributed by atoms with E-state index >= 15 is 0 Å². The van der Waals surface area contributed by atoms with Crippen LogP contribution in [0.3, 0.4) is 0 Å². The minimum atomic E-state index is 0.790. The lowest BCUT2D eigenvalue weighted by molar-refractivity contribution is 1.61. The molecule has 0 amide bonds. The van der Waals surface area contributed by atoms with Crippen LogP contribution in [0.4, 0.5) is 0 Å². The molecule has 0 atom stereocenters. The molecule has 1 aromatic carbocycles. The van der Waals surface area contributed by atoms with Crippen molar-refractivity contribution in [3.8, 4) is 0 Å². The maximum absolute atomic E-state index is 5.91. The van der Waals surface area contributed by atoms with Crippen LogP contribution < -0.4 is 0 Å². The van der Waals surface area contributed by atoms with Crippen LogP contribution in [0.25, 0.3) is 6.08 Å². The summed E-state index contributed by atoms with van der Waals surface area (Å²) in [4.78, 5) is 0. The molecule has 0 fully saturated rings. The topological polar surface area (TPSA) is 0 Å². The Morgan fingerprint density at radius 1 is 1.50 bits per heavy atom. The summed E-state index contributed by atoms with van der Waals surface area (Å²) in [5, 5.41) is 0.790. The van der Waals surface area contributed by atoms with Crippen LogP contribution in [0.15, 0.2) is 24.8 Å². The zero-order valence-electron chi connectivity index (χ0n) is 5.27. The third-order valence-electron chi connectivity index (χ3n) is 1.20. The molecule has 10 heavy (non-hydrogen) atoms. The zero-order chi connectivity index (χ0) is 7.56. The molecule has 0 aliphatic carbocycles. The lowest BCUT2D eigenvalue weighted by Crippen LogP contribution is -1.77. The Hall–Kier alpha value is -0.0200. The molecular weight excluding hydrogens is 258 g/mol. The summed E-state index contributed by atoms with van der Waals surface area (Å²) < 4.78 is 1.07. The number of rotatable bonds is 1. The van der Waals surface area contributed by atoms with Gasteiger partial charge in [0.15, 0.2) is 0 Å². The number of halogens is 2. The average Bonchev–Trinajstić information content (AvgIpc) is 1.95. The Morgan fingerprint density at radius 3 is 2.70 bits per heavy atom. The predicted molar refractivity (Wildman–Crippen MR) is 54.3 cm³/mol. The van der Waals surface area contributed by atoms with E-state index in [2.05, 4.69) is 29.2 Å². The summed E-state index contributed by atoms with van der Waals surface area (Å²) in [6.45, 7) is 3.65. The average molecular weight is 264 g/mol. The molecular formula is C8H6ClI. The van der Waals surface area contributed by atoms with E-state index in [1.807, 2.05) is 18.2 Å². The Labute approximate surface area is 79.0 Å². The molecule has 0 aromatic heterocycles. The van der Waals surface area contributed by atoms with Gasteiger partial charge in [-0.25, -0.2) is 0 Å². The molecule has 0 nitrogen and oxygen atoms in total. The molecule has 0 N–H and O–H groups in total. The van der Waals surface area contributed by atoms with Crippen molar-refractivity contribution in [1.82, 2.24) is 0 Å². The van der Waals surface area contributed by atoms with E-state index in [0.29, 0.717) is 0 Å². The molecule has 0 saturated carbocycles. The van der Waals surface area contributed by atoms with Crippen molar-refractivity contribution in [3.05, 3.63) is 38.9 Å². The lowest BCUT2D eigenvalue weighted by Gasteiger charge is -1.98. The fourth-order valence-corrected chi connectivity index (χ4v) is 1.40. The van der Waals surface area contributed by atoms with Crippen molar-refractivity contribution in [3.63, 3.8) is 0 Å². The van der Waals surface area contributed by atoms with E-state index in [4.69, 9.17) is 11.6 Å². The van der Waals surface area contributed by atoms with Gasteiger partial charge in [-0.1, -0.05) is 36.4 Å². The van der Waals surface area contributed by atoms with E-state index in [1.54, 1.807) is 6.08 Å². The van der Waals surface area contributed by atoms with Gasteiger partial charge in [-0.3, -0.25) is 0 Å². The fourth-order valence-electron chi connectivity index (χ4n) is 0.678. The molecule has 2 heteroatoms. The van der Waals surface area contributed by atoms with Gasteiger partial charge in [0.25, 0.3) is 0 Å². The largest absolute Gasteiger partial charge is 0.0984 e. The summed E-state index contributed by atoms with van der Waals surface area (Å²) >= 11 is 8.11. The molecule has 1 rings (SSSR count). The first-order chi connectivity index (χ1) is 4.75. The first-order valence-corrected chi connectivity index (χ1v) is 4.28. The van der Waals surface area contributed by atoms with Crippen LogP contribution in [0, 0.1) is 3.57 Å². The van der Waals surface area contributed by atoms with Gasteiger partial charge in [-0.15, -0.1) is 0 Å². The quantitative estimate of drug-likeness (QED) is 0.680. The Balaban J connectivity index is 3.27. The van der Waals surface area contributed by atoms with Gasteiger partial charge in [0, 0.05) is 3.57 Å². The van der Waals surface area contributed by atoms with Crippen molar-refractivity contribution in [2.45, 2.75) is 0 Å². The highest BCUT2D eigenvalue weighted by Crippen LogP contribution is 2.22. The van der Waals surface area contributed by atoms with Gasteiger partial charge in [0.1, 0.15) is 0 Å². The van der Waals surface area contributed by atoms with Gasteiger partial charge in [0.2, 0.25) is 0 Å². The summed E-state index contributed by atoms with van der Waals surface area (Å²) in [6, 6.07) is 5.87. The Morgan fingerprint density at radius 2 is 2.20 bits per heavy atom. The first-order valence-electron chi connectivity index (χ1n) is 2.82. The highest BCUT2D eigenvalue weighted by molar-refractivity contribution is 14.1. The van der Waals surface area contributed by atoms with Crippen molar-refractivity contribution in [2.75, 3.05) is 0 Å². The number of hydrogen-bond acceptors (Lipinski definition) is 0. The summed E-state index contributed by atoms with van der Waals surface area (Å²) in [5.74, 6) is 0. The second-order valence-corrected chi connectivity index (χ2v) is 3.39. The molecule has 0 spiro atoms. The summed E-state index contributed by atoms with van der Waals surface area (Å²) in [7, 11) is 0. The lowest BCUT2D eigenvalue weighted by atomic mass is 10.2. The molecule has 0 unspecified atom stereocenters. The molecule has 0 radical (unpaired) electrons. The Kier molecular flexibility index (Phi) is 2.74. The number of benzene rings is 1. The molecule has 52 valence electrons. The van der Waals surface area contributed by atoms with Crippen molar-refractivity contribution in [1.29, 1.82) is 0 Å². The second kappa shape index (κ2) is 3.39. The maximum atomic E-state index is 5.91. The van der Waals surface area contributed by atoms with E-state index in [0.717, 1.165) is 14.2 Å². The van der Waals surface area contributed by atoms with Crippen LogP contribution in [0.5, 0.6) is 0 Å². The van der Waals surface area contributed by atoms with Crippen LogP contribution >= 0.6 is 34.2 Å². The highest BCUT2D eigenvalue weighted by atomic mass is 127. The molecule has 1 aromatic rings. The summed E-state index contributed by atoms with van der Waals surface area (Å²) in [5.41, 5.74) is 0.994. The van der Waals surface area contributed by atoms with Crippen molar-refractivity contribution in [2.24, 2.45) is 0 Å². The van der Waals surface area contributed by atoms with Crippen LogP contribution in [-0.2, 0) is 0 Å².